The SMILES string of the molecule is CCOC(=O)C1CCC(NC(C)C(C)C)CC1. The number of carbonyl (C=O) groups excluding carboxylic acids is 1. The second-order valence-corrected chi connectivity index (χ2v) is 5.50. The highest BCUT2D eigenvalue weighted by Crippen LogP contribution is 2.26. The third-order valence-electron chi connectivity index (χ3n) is 3.85. The Bertz CT molecular complexity index is 232. The smallest absolute Gasteiger partial charge is 0.308 e. The van der Waals surface area contributed by atoms with Gasteiger partial charge in [-0.3, -0.25) is 4.79 Å². The second-order valence-electron chi connectivity index (χ2n) is 5.50. The molecule has 0 spiro atoms. The molecule has 0 amide bonds. The zero-order valence-corrected chi connectivity index (χ0v) is 11.7. The van der Waals surface area contributed by atoms with Crippen molar-refractivity contribution in [1.29, 1.82) is 0 Å². The van der Waals surface area contributed by atoms with E-state index < -0.39 is 0 Å². The summed E-state index contributed by atoms with van der Waals surface area (Å²) in [7, 11) is 0. The maximum Gasteiger partial charge on any atom is 0.308 e. The minimum Gasteiger partial charge on any atom is -0.466 e. The molecule has 1 atom stereocenters. The fraction of sp³-hybridized carbons (Fsp3) is 0.929. The lowest BCUT2D eigenvalue weighted by molar-refractivity contribution is -0.149. The highest BCUT2D eigenvalue weighted by molar-refractivity contribution is 5.72. The van der Waals surface area contributed by atoms with Gasteiger partial charge >= 0.3 is 5.97 Å². The largest absolute Gasteiger partial charge is 0.466 e. The van der Waals surface area contributed by atoms with E-state index >= 15 is 0 Å². The van der Waals surface area contributed by atoms with Crippen LogP contribution < -0.4 is 5.32 Å². The molecule has 1 aliphatic carbocycles. The van der Waals surface area contributed by atoms with Crippen molar-refractivity contribution >= 4 is 5.97 Å². The maximum atomic E-state index is 11.6. The molecule has 100 valence electrons. The number of carbonyl (C=O) groups is 1. The molecule has 1 rings (SSSR count). The van der Waals surface area contributed by atoms with Gasteiger partial charge in [0.1, 0.15) is 0 Å². The Morgan fingerprint density at radius 1 is 1.24 bits per heavy atom. The molecule has 1 unspecified atom stereocenters. The molecule has 0 radical (unpaired) electrons. The predicted octanol–water partition coefficient (Wildman–Crippen LogP) is 2.74. The van der Waals surface area contributed by atoms with Crippen molar-refractivity contribution in [2.45, 2.75) is 65.5 Å². The highest BCUT2D eigenvalue weighted by Gasteiger charge is 2.27. The molecule has 0 aromatic rings. The summed E-state index contributed by atoms with van der Waals surface area (Å²) in [6, 6.07) is 1.14. The first-order valence-electron chi connectivity index (χ1n) is 6.97. The predicted molar refractivity (Wildman–Crippen MR) is 69.8 cm³/mol. The van der Waals surface area contributed by atoms with Crippen LogP contribution >= 0.6 is 0 Å². The third-order valence-corrected chi connectivity index (χ3v) is 3.85. The molecule has 1 fully saturated rings. The summed E-state index contributed by atoms with van der Waals surface area (Å²) in [6.45, 7) is 9.09. The van der Waals surface area contributed by atoms with Gasteiger partial charge in [0.05, 0.1) is 12.5 Å². The molecule has 3 heteroatoms. The van der Waals surface area contributed by atoms with Crippen molar-refractivity contribution in [1.82, 2.24) is 5.32 Å². The van der Waals surface area contributed by atoms with Crippen LogP contribution in [0.5, 0.6) is 0 Å². The van der Waals surface area contributed by atoms with Gasteiger partial charge in [-0.05, 0) is 45.4 Å². The van der Waals surface area contributed by atoms with Gasteiger partial charge in [0.15, 0.2) is 0 Å². The first-order chi connectivity index (χ1) is 8.04. The standard InChI is InChI=1S/C14H27NO2/c1-5-17-14(16)12-6-8-13(9-7-12)15-11(4)10(2)3/h10-13,15H,5-9H2,1-4H3. The van der Waals surface area contributed by atoms with Crippen LogP contribution in [0.3, 0.4) is 0 Å². The van der Waals surface area contributed by atoms with Crippen LogP contribution in [0, 0.1) is 11.8 Å². The van der Waals surface area contributed by atoms with Gasteiger partial charge in [-0.15, -0.1) is 0 Å². The zero-order valence-electron chi connectivity index (χ0n) is 11.7. The van der Waals surface area contributed by atoms with E-state index in [0.29, 0.717) is 24.6 Å². The van der Waals surface area contributed by atoms with E-state index in [4.69, 9.17) is 4.74 Å². The molecule has 3 nitrogen and oxygen atoms in total. The Hall–Kier alpha value is -0.570. The van der Waals surface area contributed by atoms with E-state index in [1.807, 2.05) is 6.92 Å². The van der Waals surface area contributed by atoms with Crippen molar-refractivity contribution in [3.63, 3.8) is 0 Å². The monoisotopic (exact) mass is 241 g/mol. The van der Waals surface area contributed by atoms with E-state index in [0.717, 1.165) is 25.7 Å². The van der Waals surface area contributed by atoms with Gasteiger partial charge in [-0.1, -0.05) is 13.8 Å². The average molecular weight is 241 g/mol. The summed E-state index contributed by atoms with van der Waals surface area (Å²) in [5, 5.41) is 3.66. The quantitative estimate of drug-likeness (QED) is 0.752. The fourth-order valence-electron chi connectivity index (χ4n) is 2.32. The maximum absolute atomic E-state index is 11.6. The molecular weight excluding hydrogens is 214 g/mol. The van der Waals surface area contributed by atoms with Crippen molar-refractivity contribution in [3.05, 3.63) is 0 Å². The van der Waals surface area contributed by atoms with E-state index in [9.17, 15) is 4.79 Å². The fourth-order valence-corrected chi connectivity index (χ4v) is 2.32. The number of nitrogens with one attached hydrogen (secondary N) is 1. The Kier molecular flexibility index (Phi) is 5.96. The molecule has 17 heavy (non-hydrogen) atoms. The topological polar surface area (TPSA) is 38.3 Å². The summed E-state index contributed by atoms with van der Waals surface area (Å²) < 4.78 is 5.08. The Balaban J connectivity index is 2.28. The minimum atomic E-state index is 0.00265. The van der Waals surface area contributed by atoms with Gasteiger partial charge in [-0.25, -0.2) is 0 Å². The van der Waals surface area contributed by atoms with Gasteiger partial charge in [0.25, 0.3) is 0 Å². The number of ether oxygens (including phenoxy) is 1. The molecule has 0 heterocycles. The van der Waals surface area contributed by atoms with E-state index in [1.165, 1.54) is 0 Å². The van der Waals surface area contributed by atoms with Gasteiger partial charge < -0.3 is 10.1 Å². The second kappa shape index (κ2) is 7.00. The molecule has 0 bridgehead atoms. The summed E-state index contributed by atoms with van der Waals surface area (Å²) >= 11 is 0. The lowest BCUT2D eigenvalue weighted by Crippen LogP contribution is -2.42. The molecule has 0 aromatic heterocycles. The van der Waals surface area contributed by atoms with Gasteiger partial charge in [0.2, 0.25) is 0 Å². The van der Waals surface area contributed by atoms with Gasteiger partial charge in [-0.2, -0.15) is 0 Å². The molecule has 0 aliphatic heterocycles. The van der Waals surface area contributed by atoms with E-state index in [2.05, 4.69) is 26.1 Å². The number of hydrogen-bond acceptors (Lipinski definition) is 3. The van der Waals surface area contributed by atoms with E-state index in [-0.39, 0.29) is 11.9 Å². The minimum absolute atomic E-state index is 0.00265. The van der Waals surface area contributed by atoms with Crippen LogP contribution in [0.1, 0.15) is 53.4 Å². The summed E-state index contributed by atoms with van der Waals surface area (Å²) in [5.41, 5.74) is 0. The molecule has 1 saturated carbocycles. The summed E-state index contributed by atoms with van der Waals surface area (Å²) in [4.78, 5) is 11.6. The molecule has 1 aliphatic rings. The first kappa shape index (κ1) is 14.5. The van der Waals surface area contributed by atoms with Crippen molar-refractivity contribution in [2.24, 2.45) is 11.8 Å². The van der Waals surface area contributed by atoms with Crippen LogP contribution in [0.25, 0.3) is 0 Å². The molecular formula is C14H27NO2. The van der Waals surface area contributed by atoms with Crippen molar-refractivity contribution in [3.8, 4) is 0 Å². The third kappa shape index (κ3) is 4.66. The molecule has 1 N–H and O–H groups in total. The Morgan fingerprint density at radius 2 is 1.82 bits per heavy atom. The highest BCUT2D eigenvalue weighted by atomic mass is 16.5. The average Bonchev–Trinajstić information content (AvgIpc) is 2.30. The van der Waals surface area contributed by atoms with Crippen LogP contribution in [-0.4, -0.2) is 24.7 Å². The molecule has 0 saturated heterocycles. The van der Waals surface area contributed by atoms with Crippen molar-refractivity contribution in [2.75, 3.05) is 6.61 Å². The Morgan fingerprint density at radius 3 is 2.29 bits per heavy atom. The number of hydrogen-bond donors (Lipinski definition) is 1. The first-order valence-corrected chi connectivity index (χ1v) is 6.97. The number of esters is 1. The Labute approximate surface area is 105 Å². The van der Waals surface area contributed by atoms with Crippen molar-refractivity contribution < 1.29 is 9.53 Å². The van der Waals surface area contributed by atoms with Crippen LogP contribution in [-0.2, 0) is 9.53 Å². The lowest BCUT2D eigenvalue weighted by atomic mass is 9.85. The normalized spacial score (nSPS) is 26.9. The van der Waals surface area contributed by atoms with Crippen LogP contribution in [0.4, 0.5) is 0 Å². The summed E-state index contributed by atoms with van der Waals surface area (Å²) in [5.74, 6) is 0.808. The summed E-state index contributed by atoms with van der Waals surface area (Å²) in [6.07, 6.45) is 4.14. The van der Waals surface area contributed by atoms with E-state index in [1.54, 1.807) is 0 Å². The van der Waals surface area contributed by atoms with Crippen LogP contribution in [0.15, 0.2) is 0 Å². The molecule has 0 aromatic carbocycles. The number of rotatable bonds is 5. The van der Waals surface area contributed by atoms with Gasteiger partial charge in [0, 0.05) is 12.1 Å². The lowest BCUT2D eigenvalue weighted by Gasteiger charge is -2.31. The van der Waals surface area contributed by atoms with Crippen LogP contribution in [0.2, 0.25) is 0 Å². The zero-order chi connectivity index (χ0) is 12.8.